The van der Waals surface area contributed by atoms with Crippen molar-refractivity contribution in [3.63, 3.8) is 0 Å². The zero-order valence-corrected chi connectivity index (χ0v) is 12.1. The highest BCUT2D eigenvalue weighted by atomic mass is 16.7. The molecule has 1 saturated carbocycles. The Morgan fingerprint density at radius 3 is 2.57 bits per heavy atom. The van der Waals surface area contributed by atoms with Crippen molar-refractivity contribution in [2.24, 2.45) is 0 Å². The minimum absolute atomic E-state index is 0.272. The standard InChI is InChI=1S/C18H21NO2/c1-2-5-15(6-3-1)13-20-14-21-18-8-4-7-16(11-18)12-19-17-9-10-17/h1-8,11,17,19H,9-10,12-14H2. The van der Waals surface area contributed by atoms with Gasteiger partial charge in [-0.3, -0.25) is 0 Å². The molecule has 2 aromatic rings. The summed E-state index contributed by atoms with van der Waals surface area (Å²) in [6.45, 7) is 1.75. The van der Waals surface area contributed by atoms with E-state index >= 15 is 0 Å². The molecule has 2 aromatic carbocycles. The van der Waals surface area contributed by atoms with Gasteiger partial charge in [0.1, 0.15) is 5.75 Å². The van der Waals surface area contributed by atoms with Crippen molar-refractivity contribution in [3.05, 3.63) is 65.7 Å². The number of hydrogen-bond acceptors (Lipinski definition) is 3. The molecule has 1 aliphatic carbocycles. The molecule has 1 aliphatic rings. The van der Waals surface area contributed by atoms with E-state index < -0.39 is 0 Å². The zero-order chi connectivity index (χ0) is 14.3. The molecule has 0 amide bonds. The molecule has 1 N–H and O–H groups in total. The summed E-state index contributed by atoms with van der Waals surface area (Å²) in [4.78, 5) is 0. The Kier molecular flexibility index (Phi) is 4.87. The molecule has 0 bridgehead atoms. The highest BCUT2D eigenvalue weighted by Crippen LogP contribution is 2.20. The van der Waals surface area contributed by atoms with Gasteiger partial charge in [-0.1, -0.05) is 42.5 Å². The van der Waals surface area contributed by atoms with Crippen molar-refractivity contribution < 1.29 is 9.47 Å². The smallest absolute Gasteiger partial charge is 0.189 e. The van der Waals surface area contributed by atoms with Crippen molar-refractivity contribution >= 4 is 0 Å². The van der Waals surface area contributed by atoms with Gasteiger partial charge in [0.2, 0.25) is 0 Å². The summed E-state index contributed by atoms with van der Waals surface area (Å²) < 4.78 is 11.2. The summed E-state index contributed by atoms with van der Waals surface area (Å²) in [5.41, 5.74) is 2.41. The molecule has 0 unspecified atom stereocenters. The van der Waals surface area contributed by atoms with Crippen LogP contribution in [0, 0.1) is 0 Å². The zero-order valence-electron chi connectivity index (χ0n) is 12.1. The van der Waals surface area contributed by atoms with Gasteiger partial charge in [-0.25, -0.2) is 0 Å². The molecule has 0 aromatic heterocycles. The second-order valence-electron chi connectivity index (χ2n) is 5.40. The lowest BCUT2D eigenvalue weighted by Crippen LogP contribution is -2.15. The van der Waals surface area contributed by atoms with Crippen LogP contribution in [0.15, 0.2) is 54.6 Å². The topological polar surface area (TPSA) is 30.5 Å². The van der Waals surface area contributed by atoms with Gasteiger partial charge >= 0.3 is 0 Å². The first-order valence-corrected chi connectivity index (χ1v) is 7.47. The fourth-order valence-corrected chi connectivity index (χ4v) is 2.14. The van der Waals surface area contributed by atoms with Gasteiger partial charge in [0, 0.05) is 12.6 Å². The molecule has 0 spiro atoms. The summed E-state index contributed by atoms with van der Waals surface area (Å²) in [7, 11) is 0. The fraction of sp³-hybridized carbons (Fsp3) is 0.333. The van der Waals surface area contributed by atoms with E-state index in [2.05, 4.69) is 17.4 Å². The second kappa shape index (κ2) is 7.25. The van der Waals surface area contributed by atoms with Crippen molar-refractivity contribution in [3.8, 4) is 5.75 Å². The fourth-order valence-electron chi connectivity index (χ4n) is 2.14. The molecule has 3 heteroatoms. The van der Waals surface area contributed by atoms with Crippen LogP contribution >= 0.6 is 0 Å². The predicted molar refractivity (Wildman–Crippen MR) is 83.0 cm³/mol. The highest BCUT2D eigenvalue weighted by Gasteiger charge is 2.19. The first kappa shape index (κ1) is 14.1. The lowest BCUT2D eigenvalue weighted by Gasteiger charge is -2.09. The van der Waals surface area contributed by atoms with E-state index in [0.29, 0.717) is 6.61 Å². The number of benzene rings is 2. The molecule has 0 saturated heterocycles. The Morgan fingerprint density at radius 2 is 1.76 bits per heavy atom. The molecular formula is C18H21NO2. The van der Waals surface area contributed by atoms with Gasteiger partial charge in [0.25, 0.3) is 0 Å². The largest absolute Gasteiger partial charge is 0.468 e. The van der Waals surface area contributed by atoms with Gasteiger partial charge in [-0.2, -0.15) is 0 Å². The Balaban J connectivity index is 1.41. The van der Waals surface area contributed by atoms with E-state index in [1.165, 1.54) is 18.4 Å². The van der Waals surface area contributed by atoms with Crippen LogP contribution in [0.1, 0.15) is 24.0 Å². The summed E-state index contributed by atoms with van der Waals surface area (Å²) >= 11 is 0. The lowest BCUT2D eigenvalue weighted by molar-refractivity contribution is 0.00501. The first-order valence-electron chi connectivity index (χ1n) is 7.47. The molecule has 21 heavy (non-hydrogen) atoms. The average Bonchev–Trinajstić information content (AvgIpc) is 3.35. The van der Waals surface area contributed by atoms with E-state index in [0.717, 1.165) is 23.9 Å². The van der Waals surface area contributed by atoms with E-state index in [-0.39, 0.29) is 6.79 Å². The molecule has 0 atom stereocenters. The highest BCUT2D eigenvalue weighted by molar-refractivity contribution is 5.28. The molecule has 0 aliphatic heterocycles. The lowest BCUT2D eigenvalue weighted by atomic mass is 10.2. The minimum atomic E-state index is 0.272. The van der Waals surface area contributed by atoms with Gasteiger partial charge in [0.05, 0.1) is 6.61 Å². The Bertz CT molecular complexity index is 552. The van der Waals surface area contributed by atoms with Crippen LogP contribution in [0.3, 0.4) is 0 Å². The van der Waals surface area contributed by atoms with Crippen LogP contribution in [0.25, 0.3) is 0 Å². The molecular weight excluding hydrogens is 262 g/mol. The van der Waals surface area contributed by atoms with E-state index in [1.807, 2.05) is 42.5 Å². The van der Waals surface area contributed by atoms with E-state index in [1.54, 1.807) is 0 Å². The predicted octanol–water partition coefficient (Wildman–Crippen LogP) is 3.49. The summed E-state index contributed by atoms with van der Waals surface area (Å²) in [6.07, 6.45) is 2.62. The summed E-state index contributed by atoms with van der Waals surface area (Å²) in [5.74, 6) is 0.859. The van der Waals surface area contributed by atoms with Crippen molar-refractivity contribution in [1.29, 1.82) is 0 Å². The van der Waals surface area contributed by atoms with Crippen LogP contribution in [-0.2, 0) is 17.9 Å². The number of nitrogens with one attached hydrogen (secondary N) is 1. The number of rotatable bonds is 8. The monoisotopic (exact) mass is 283 g/mol. The molecule has 0 radical (unpaired) electrons. The molecule has 3 nitrogen and oxygen atoms in total. The van der Waals surface area contributed by atoms with Crippen molar-refractivity contribution in [1.82, 2.24) is 5.32 Å². The number of hydrogen-bond donors (Lipinski definition) is 1. The Hall–Kier alpha value is -1.84. The number of ether oxygens (including phenoxy) is 2. The van der Waals surface area contributed by atoms with E-state index in [9.17, 15) is 0 Å². The van der Waals surface area contributed by atoms with Crippen LogP contribution in [0.5, 0.6) is 5.75 Å². The normalized spacial score (nSPS) is 14.1. The van der Waals surface area contributed by atoms with Gasteiger partial charge < -0.3 is 14.8 Å². The minimum Gasteiger partial charge on any atom is -0.468 e. The summed E-state index contributed by atoms with van der Waals surface area (Å²) in [5, 5.41) is 3.50. The second-order valence-corrected chi connectivity index (χ2v) is 5.40. The Labute approximate surface area is 125 Å². The van der Waals surface area contributed by atoms with Crippen LogP contribution < -0.4 is 10.1 Å². The maximum Gasteiger partial charge on any atom is 0.189 e. The van der Waals surface area contributed by atoms with Gasteiger partial charge in [-0.05, 0) is 36.1 Å². The van der Waals surface area contributed by atoms with Crippen molar-refractivity contribution in [2.75, 3.05) is 6.79 Å². The van der Waals surface area contributed by atoms with Gasteiger partial charge in [-0.15, -0.1) is 0 Å². The SMILES string of the molecule is c1ccc(COCOc2cccc(CNC3CC3)c2)cc1. The maximum absolute atomic E-state index is 5.64. The van der Waals surface area contributed by atoms with E-state index in [4.69, 9.17) is 9.47 Å². The van der Waals surface area contributed by atoms with Crippen LogP contribution in [0.4, 0.5) is 0 Å². The first-order chi connectivity index (χ1) is 10.4. The third kappa shape index (κ3) is 4.88. The molecule has 3 rings (SSSR count). The molecule has 0 heterocycles. The van der Waals surface area contributed by atoms with Crippen molar-refractivity contribution in [2.45, 2.75) is 32.0 Å². The summed E-state index contributed by atoms with van der Waals surface area (Å²) in [6, 6.07) is 19.0. The Morgan fingerprint density at radius 1 is 0.952 bits per heavy atom. The van der Waals surface area contributed by atoms with Gasteiger partial charge in [0.15, 0.2) is 6.79 Å². The van der Waals surface area contributed by atoms with Crippen LogP contribution in [-0.4, -0.2) is 12.8 Å². The third-order valence-corrected chi connectivity index (χ3v) is 3.49. The third-order valence-electron chi connectivity index (χ3n) is 3.49. The maximum atomic E-state index is 5.64. The average molecular weight is 283 g/mol. The van der Waals surface area contributed by atoms with Crippen LogP contribution in [0.2, 0.25) is 0 Å². The quantitative estimate of drug-likeness (QED) is 0.594. The molecule has 1 fully saturated rings. The molecule has 110 valence electrons.